The van der Waals surface area contributed by atoms with Crippen molar-refractivity contribution in [3.63, 3.8) is 0 Å². The van der Waals surface area contributed by atoms with Crippen LogP contribution in [0.15, 0.2) is 48.1 Å². The molecule has 3 saturated heterocycles. The molecule has 3 atom stereocenters. The van der Waals surface area contributed by atoms with Crippen LogP contribution in [0.3, 0.4) is 0 Å². The maximum atomic E-state index is 13.1. The number of allylic oxidation sites excluding steroid dienone is 2. The van der Waals surface area contributed by atoms with E-state index in [1.165, 1.54) is 11.1 Å². The quantitative estimate of drug-likeness (QED) is 0.671. The Balaban J connectivity index is 0.00000119. The average molecular weight is 439 g/mol. The van der Waals surface area contributed by atoms with Gasteiger partial charge in [0, 0.05) is 6.42 Å². The van der Waals surface area contributed by atoms with Crippen LogP contribution >= 0.6 is 0 Å². The minimum Gasteiger partial charge on any atom is -0.496 e. The number of nitrogens with zero attached hydrogens (tertiary/aromatic N) is 2. The van der Waals surface area contributed by atoms with Crippen molar-refractivity contribution in [1.82, 2.24) is 9.80 Å². The van der Waals surface area contributed by atoms with Crippen molar-refractivity contribution >= 4 is 5.91 Å². The zero-order valence-corrected chi connectivity index (χ0v) is 20.0. The fraction of sp³-hybridized carbons (Fsp3) is 0.593. The van der Waals surface area contributed by atoms with Crippen LogP contribution in [0.2, 0.25) is 0 Å². The topological polar surface area (TPSA) is 42.0 Å². The largest absolute Gasteiger partial charge is 0.496 e. The first kappa shape index (κ1) is 23.1. The first-order valence-electron chi connectivity index (χ1n) is 12.3. The first-order chi connectivity index (χ1) is 15.6. The lowest BCUT2D eigenvalue weighted by Gasteiger charge is -2.42. The minimum atomic E-state index is -0.523. The zero-order valence-electron chi connectivity index (χ0n) is 20.0. The van der Waals surface area contributed by atoms with Gasteiger partial charge >= 0.3 is 0 Å². The smallest absolute Gasteiger partial charge is 0.227 e. The van der Waals surface area contributed by atoms with E-state index in [-0.39, 0.29) is 18.0 Å². The molecule has 0 radical (unpaired) electrons. The van der Waals surface area contributed by atoms with Gasteiger partial charge in [-0.3, -0.25) is 9.69 Å². The van der Waals surface area contributed by atoms with Crippen molar-refractivity contribution in [2.75, 3.05) is 26.8 Å². The van der Waals surface area contributed by atoms with Crippen LogP contribution in [0.4, 0.5) is 0 Å². The fourth-order valence-corrected chi connectivity index (χ4v) is 5.95. The highest BCUT2D eigenvalue weighted by Crippen LogP contribution is 2.45. The fourth-order valence-electron chi connectivity index (χ4n) is 5.95. The molecule has 0 saturated carbocycles. The molecule has 1 amide bonds. The number of amides is 1. The van der Waals surface area contributed by atoms with Crippen molar-refractivity contribution in [2.45, 2.75) is 76.6 Å². The number of carbonyl (C=O) groups excluding carboxylic acids is 1. The standard InChI is InChI=1S/C25H32N2O3.C2H6/c1-25-23(16-24(28)27(25)21(17-30-25)19-8-4-3-5-9-19)26-14-12-18(13-15-26)20-10-6-7-11-22(20)29-2;1-2/h4,6-11,18,21,23H,3,5,12-17H2,1-2H3;1-2H3/t21-,23-,25-;/m1./s1. The zero-order chi connectivity index (χ0) is 22.7. The number of hydrogen-bond acceptors (Lipinski definition) is 4. The Labute approximate surface area is 193 Å². The molecule has 3 heterocycles. The lowest BCUT2D eigenvalue weighted by atomic mass is 9.87. The number of benzene rings is 1. The van der Waals surface area contributed by atoms with Gasteiger partial charge in [-0.05, 0) is 68.8 Å². The maximum absolute atomic E-state index is 13.1. The molecule has 5 nitrogen and oxygen atoms in total. The second-order valence-corrected chi connectivity index (χ2v) is 9.10. The Bertz CT molecular complexity index is 871. The normalized spacial score (nSPS) is 30.6. The van der Waals surface area contributed by atoms with E-state index in [2.05, 4.69) is 48.3 Å². The third kappa shape index (κ3) is 4.01. The maximum Gasteiger partial charge on any atom is 0.227 e. The second-order valence-electron chi connectivity index (χ2n) is 9.10. The van der Waals surface area contributed by atoms with Gasteiger partial charge in [0.25, 0.3) is 0 Å². The van der Waals surface area contributed by atoms with Crippen molar-refractivity contribution < 1.29 is 14.3 Å². The summed E-state index contributed by atoms with van der Waals surface area (Å²) in [5.41, 5.74) is 2.03. The van der Waals surface area contributed by atoms with Crippen LogP contribution in [0.5, 0.6) is 5.75 Å². The number of hydrogen-bond donors (Lipinski definition) is 0. The van der Waals surface area contributed by atoms with Gasteiger partial charge in [0.05, 0.1) is 25.8 Å². The van der Waals surface area contributed by atoms with E-state index in [9.17, 15) is 4.79 Å². The van der Waals surface area contributed by atoms with Gasteiger partial charge in [0.15, 0.2) is 5.72 Å². The predicted octanol–water partition coefficient (Wildman–Crippen LogP) is 4.89. The molecule has 0 unspecified atom stereocenters. The number of carbonyl (C=O) groups is 1. The summed E-state index contributed by atoms with van der Waals surface area (Å²) in [5.74, 6) is 1.73. The molecule has 32 heavy (non-hydrogen) atoms. The minimum absolute atomic E-state index is 0.0650. The Morgan fingerprint density at radius 2 is 1.88 bits per heavy atom. The summed E-state index contributed by atoms with van der Waals surface area (Å²) in [6.07, 6.45) is 11.5. The summed E-state index contributed by atoms with van der Waals surface area (Å²) < 4.78 is 12.0. The Hall–Kier alpha value is -2.11. The number of ether oxygens (including phenoxy) is 2. The van der Waals surface area contributed by atoms with E-state index in [0.29, 0.717) is 18.9 Å². The molecular weight excluding hydrogens is 400 g/mol. The van der Waals surface area contributed by atoms with Crippen molar-refractivity contribution in [1.29, 1.82) is 0 Å². The van der Waals surface area contributed by atoms with Gasteiger partial charge < -0.3 is 14.4 Å². The number of likely N-dealkylation sites (tertiary alicyclic amines) is 1. The molecule has 1 aliphatic carbocycles. The van der Waals surface area contributed by atoms with Crippen molar-refractivity contribution in [3.8, 4) is 5.75 Å². The Morgan fingerprint density at radius 1 is 1.12 bits per heavy atom. The number of rotatable bonds is 4. The van der Waals surface area contributed by atoms with Crippen molar-refractivity contribution in [2.24, 2.45) is 0 Å². The second kappa shape index (κ2) is 9.80. The average Bonchev–Trinajstić information content (AvgIpc) is 3.34. The van der Waals surface area contributed by atoms with Crippen molar-refractivity contribution in [3.05, 3.63) is 53.6 Å². The SMILES string of the molecule is CC.COc1ccccc1C1CCN([C@@H]2CC(=O)N3[C@@H](C4=CCCC=C4)CO[C@]23C)CC1. The molecule has 3 aliphatic heterocycles. The van der Waals surface area contributed by atoms with Crippen LogP contribution in [0.25, 0.3) is 0 Å². The number of methoxy groups -OCH3 is 1. The van der Waals surface area contributed by atoms with E-state index >= 15 is 0 Å². The van der Waals surface area contributed by atoms with Crippen LogP contribution in [0, 0.1) is 0 Å². The summed E-state index contributed by atoms with van der Waals surface area (Å²) in [4.78, 5) is 17.6. The third-order valence-electron chi connectivity index (χ3n) is 7.54. The molecule has 1 aromatic rings. The summed E-state index contributed by atoms with van der Waals surface area (Å²) in [7, 11) is 1.75. The van der Waals surface area contributed by atoms with E-state index in [1.807, 2.05) is 24.8 Å². The molecule has 174 valence electrons. The van der Waals surface area contributed by atoms with Gasteiger partial charge in [0.1, 0.15) is 5.75 Å². The monoisotopic (exact) mass is 438 g/mol. The van der Waals surface area contributed by atoms with E-state index in [1.54, 1.807) is 7.11 Å². The molecule has 0 N–H and O–H groups in total. The molecule has 5 heteroatoms. The Morgan fingerprint density at radius 3 is 2.56 bits per heavy atom. The van der Waals surface area contributed by atoms with Gasteiger partial charge in [0.2, 0.25) is 5.91 Å². The molecule has 0 spiro atoms. The van der Waals surface area contributed by atoms with E-state index < -0.39 is 5.72 Å². The molecule has 0 bridgehead atoms. The summed E-state index contributed by atoms with van der Waals surface area (Å²) in [6, 6.07) is 8.56. The summed E-state index contributed by atoms with van der Waals surface area (Å²) >= 11 is 0. The number of piperidine rings is 1. The molecule has 0 aromatic heterocycles. The van der Waals surface area contributed by atoms with Gasteiger partial charge in [-0.25, -0.2) is 0 Å². The lowest BCUT2D eigenvalue weighted by molar-refractivity contribution is -0.139. The van der Waals surface area contributed by atoms with Gasteiger partial charge in [-0.1, -0.05) is 50.3 Å². The highest BCUT2D eigenvalue weighted by Gasteiger charge is 2.59. The molecule has 3 fully saturated rings. The van der Waals surface area contributed by atoms with Crippen LogP contribution in [-0.4, -0.2) is 60.3 Å². The molecule has 1 aromatic carbocycles. The van der Waals surface area contributed by atoms with Gasteiger partial charge in [-0.2, -0.15) is 0 Å². The number of fused-ring (bicyclic) bond motifs is 1. The third-order valence-corrected chi connectivity index (χ3v) is 7.54. The number of para-hydroxylation sites is 1. The van der Waals surface area contributed by atoms with Gasteiger partial charge in [-0.15, -0.1) is 0 Å². The summed E-state index contributed by atoms with van der Waals surface area (Å²) in [5, 5.41) is 0. The van der Waals surface area contributed by atoms with Crippen LogP contribution in [-0.2, 0) is 9.53 Å². The van der Waals surface area contributed by atoms with Crippen LogP contribution in [0.1, 0.15) is 64.4 Å². The van der Waals surface area contributed by atoms with Crippen LogP contribution < -0.4 is 4.74 Å². The van der Waals surface area contributed by atoms with E-state index in [4.69, 9.17) is 9.47 Å². The highest BCUT2D eigenvalue weighted by molar-refractivity contribution is 5.82. The highest BCUT2D eigenvalue weighted by atomic mass is 16.5. The summed E-state index contributed by atoms with van der Waals surface area (Å²) in [6.45, 7) is 8.70. The Kier molecular flexibility index (Phi) is 7.06. The molecule has 4 aliphatic rings. The predicted molar refractivity (Wildman–Crippen MR) is 128 cm³/mol. The van der Waals surface area contributed by atoms with E-state index in [0.717, 1.165) is 44.5 Å². The lowest BCUT2D eigenvalue weighted by Crippen LogP contribution is -2.55. The molecular formula is C27H38N2O3. The first-order valence-corrected chi connectivity index (χ1v) is 12.3. The molecule has 5 rings (SSSR count).